The number of hydrogen-bond donors (Lipinski definition) is 2. The van der Waals surface area contributed by atoms with Crippen LogP contribution >= 0.6 is 0 Å². The second-order valence-corrected chi connectivity index (χ2v) is 8.13. The molecule has 1 aliphatic rings. The minimum atomic E-state index is -0.511. The fourth-order valence-electron chi connectivity index (χ4n) is 4.09. The van der Waals surface area contributed by atoms with Gasteiger partial charge < -0.3 is 20.2 Å². The van der Waals surface area contributed by atoms with E-state index in [4.69, 9.17) is 0 Å². The number of aromatic hydroxyl groups is 1. The standard InChI is InChI=1S/C24H29F2N3O2/c1-16(14-27-2)15-28(3)24(31)29-10-9-17(21-13-19(25)7-8-22(21)26)12-23(29)18-5-4-6-20(30)11-18/h4-8,11-13,16,23,27,30H,9-10,14-15H2,1-3H3. The van der Waals surface area contributed by atoms with Crippen molar-refractivity contribution in [1.29, 1.82) is 0 Å². The number of halogens is 2. The number of phenols is 1. The molecule has 2 amide bonds. The van der Waals surface area contributed by atoms with Crippen LogP contribution in [0, 0.1) is 17.6 Å². The summed E-state index contributed by atoms with van der Waals surface area (Å²) in [6.07, 6.45) is 2.19. The van der Waals surface area contributed by atoms with Crippen LogP contribution in [0.4, 0.5) is 13.6 Å². The molecular formula is C24H29F2N3O2. The van der Waals surface area contributed by atoms with Gasteiger partial charge in [0, 0.05) is 25.7 Å². The SMILES string of the molecule is CNCC(C)CN(C)C(=O)N1CCC(c2cc(F)ccc2F)=CC1c1cccc(O)c1. The molecule has 3 rings (SSSR count). The Morgan fingerprint density at radius 1 is 1.29 bits per heavy atom. The maximum atomic E-state index is 14.4. The van der Waals surface area contributed by atoms with Gasteiger partial charge in [0.25, 0.3) is 0 Å². The number of benzene rings is 2. The van der Waals surface area contributed by atoms with E-state index < -0.39 is 17.7 Å². The Morgan fingerprint density at radius 3 is 2.77 bits per heavy atom. The normalized spacial score (nSPS) is 17.3. The third-order valence-electron chi connectivity index (χ3n) is 5.51. The average molecular weight is 430 g/mol. The molecule has 0 saturated carbocycles. The van der Waals surface area contributed by atoms with Gasteiger partial charge in [0.15, 0.2) is 0 Å². The van der Waals surface area contributed by atoms with Gasteiger partial charge in [-0.15, -0.1) is 0 Å². The smallest absolute Gasteiger partial charge is 0.320 e. The Labute approximate surface area is 182 Å². The lowest BCUT2D eigenvalue weighted by Gasteiger charge is -2.38. The summed E-state index contributed by atoms with van der Waals surface area (Å²) in [6.45, 7) is 3.79. The van der Waals surface area contributed by atoms with Crippen LogP contribution in [0.5, 0.6) is 5.75 Å². The second kappa shape index (κ2) is 9.92. The first-order valence-corrected chi connectivity index (χ1v) is 10.4. The van der Waals surface area contributed by atoms with Gasteiger partial charge in [-0.3, -0.25) is 0 Å². The number of nitrogens with zero attached hydrogens (tertiary/aromatic N) is 2. The van der Waals surface area contributed by atoms with E-state index in [-0.39, 0.29) is 23.3 Å². The van der Waals surface area contributed by atoms with E-state index in [2.05, 4.69) is 12.2 Å². The first-order valence-electron chi connectivity index (χ1n) is 10.4. The lowest BCUT2D eigenvalue weighted by molar-refractivity contribution is 0.145. The number of amides is 2. The zero-order valence-electron chi connectivity index (χ0n) is 18.1. The van der Waals surface area contributed by atoms with Gasteiger partial charge in [-0.05, 0) is 67.4 Å². The van der Waals surface area contributed by atoms with Gasteiger partial charge in [0.05, 0.1) is 6.04 Å². The molecule has 166 valence electrons. The quantitative estimate of drug-likeness (QED) is 0.715. The number of carbonyl (C=O) groups is 1. The van der Waals surface area contributed by atoms with E-state index in [0.717, 1.165) is 18.7 Å². The van der Waals surface area contributed by atoms with Crippen molar-refractivity contribution in [3.05, 3.63) is 71.3 Å². The molecule has 0 bridgehead atoms. The molecule has 1 heterocycles. The van der Waals surface area contributed by atoms with Crippen LogP contribution in [0.2, 0.25) is 0 Å². The third kappa shape index (κ3) is 5.41. The Kier molecular flexibility index (Phi) is 7.28. The van der Waals surface area contributed by atoms with Crippen LogP contribution in [-0.2, 0) is 0 Å². The predicted octanol–water partition coefficient (Wildman–Crippen LogP) is 4.41. The van der Waals surface area contributed by atoms with Crippen molar-refractivity contribution in [1.82, 2.24) is 15.1 Å². The molecule has 0 saturated heterocycles. The van der Waals surface area contributed by atoms with E-state index in [0.29, 0.717) is 30.6 Å². The molecule has 5 nitrogen and oxygen atoms in total. The molecule has 0 fully saturated rings. The molecule has 0 spiro atoms. The lowest BCUT2D eigenvalue weighted by atomic mass is 9.92. The van der Waals surface area contributed by atoms with Crippen molar-refractivity contribution >= 4 is 11.6 Å². The largest absolute Gasteiger partial charge is 0.508 e. The van der Waals surface area contributed by atoms with E-state index in [1.807, 2.05) is 13.1 Å². The zero-order chi connectivity index (χ0) is 22.5. The number of carbonyl (C=O) groups excluding carboxylic acids is 1. The molecule has 0 aliphatic carbocycles. The number of nitrogens with one attached hydrogen (secondary N) is 1. The molecule has 2 atom stereocenters. The molecule has 1 aliphatic heterocycles. The fraction of sp³-hybridized carbons (Fsp3) is 0.375. The fourth-order valence-corrected chi connectivity index (χ4v) is 4.09. The Hall–Kier alpha value is -2.93. The average Bonchev–Trinajstić information content (AvgIpc) is 2.74. The van der Waals surface area contributed by atoms with Crippen molar-refractivity contribution < 1.29 is 18.7 Å². The first-order chi connectivity index (χ1) is 14.8. The molecule has 2 aromatic rings. The predicted molar refractivity (Wildman–Crippen MR) is 118 cm³/mol. The molecule has 2 N–H and O–H groups in total. The summed E-state index contributed by atoms with van der Waals surface area (Å²) in [4.78, 5) is 16.7. The van der Waals surface area contributed by atoms with Gasteiger partial charge in [-0.2, -0.15) is 0 Å². The highest BCUT2D eigenvalue weighted by Crippen LogP contribution is 2.36. The highest BCUT2D eigenvalue weighted by molar-refractivity contribution is 5.78. The van der Waals surface area contributed by atoms with Crippen LogP contribution in [0.25, 0.3) is 5.57 Å². The summed E-state index contributed by atoms with van der Waals surface area (Å²) in [7, 11) is 3.64. The Morgan fingerprint density at radius 2 is 2.06 bits per heavy atom. The molecular weight excluding hydrogens is 400 g/mol. The van der Waals surface area contributed by atoms with E-state index >= 15 is 0 Å². The summed E-state index contributed by atoms with van der Waals surface area (Å²) in [5, 5.41) is 13.1. The maximum absolute atomic E-state index is 14.4. The van der Waals surface area contributed by atoms with E-state index in [9.17, 15) is 18.7 Å². The van der Waals surface area contributed by atoms with E-state index in [1.165, 1.54) is 6.07 Å². The summed E-state index contributed by atoms with van der Waals surface area (Å²) in [6, 6.07) is 9.40. The molecule has 31 heavy (non-hydrogen) atoms. The number of urea groups is 1. The van der Waals surface area contributed by atoms with E-state index in [1.54, 1.807) is 41.1 Å². The molecule has 0 radical (unpaired) electrons. The van der Waals surface area contributed by atoms with Gasteiger partial charge in [-0.25, -0.2) is 13.6 Å². The van der Waals surface area contributed by atoms with Gasteiger partial charge in [-0.1, -0.05) is 25.1 Å². The minimum Gasteiger partial charge on any atom is -0.508 e. The monoisotopic (exact) mass is 429 g/mol. The van der Waals surface area contributed by atoms with Crippen LogP contribution in [-0.4, -0.2) is 54.7 Å². The number of hydrogen-bond acceptors (Lipinski definition) is 3. The molecule has 2 aromatic carbocycles. The molecule has 0 aromatic heterocycles. The van der Waals surface area contributed by atoms with Crippen molar-refractivity contribution in [3.63, 3.8) is 0 Å². The first kappa shape index (κ1) is 22.7. The van der Waals surface area contributed by atoms with Crippen molar-refractivity contribution in [2.24, 2.45) is 5.92 Å². The number of rotatable bonds is 6. The lowest BCUT2D eigenvalue weighted by Crippen LogP contribution is -2.46. The molecule has 2 unspecified atom stereocenters. The van der Waals surface area contributed by atoms with Crippen LogP contribution in [0.3, 0.4) is 0 Å². The third-order valence-corrected chi connectivity index (χ3v) is 5.51. The zero-order valence-corrected chi connectivity index (χ0v) is 18.1. The van der Waals surface area contributed by atoms with Crippen molar-refractivity contribution in [2.45, 2.75) is 19.4 Å². The van der Waals surface area contributed by atoms with Crippen molar-refractivity contribution in [3.8, 4) is 5.75 Å². The van der Waals surface area contributed by atoms with Gasteiger partial charge in [0.2, 0.25) is 0 Å². The highest BCUT2D eigenvalue weighted by atomic mass is 19.1. The van der Waals surface area contributed by atoms with Crippen molar-refractivity contribution in [2.75, 3.05) is 33.7 Å². The van der Waals surface area contributed by atoms with Crippen LogP contribution in [0.15, 0.2) is 48.5 Å². The summed E-state index contributed by atoms with van der Waals surface area (Å²) in [5.74, 6) is -0.656. The van der Waals surface area contributed by atoms with Crippen LogP contribution in [0.1, 0.15) is 30.5 Å². The maximum Gasteiger partial charge on any atom is 0.320 e. The second-order valence-electron chi connectivity index (χ2n) is 8.13. The molecule has 7 heteroatoms. The Bertz CT molecular complexity index is 964. The minimum absolute atomic E-state index is 0.0818. The summed E-state index contributed by atoms with van der Waals surface area (Å²) < 4.78 is 28.2. The topological polar surface area (TPSA) is 55.8 Å². The highest BCUT2D eigenvalue weighted by Gasteiger charge is 2.31. The Balaban J connectivity index is 1.95. The summed E-state index contributed by atoms with van der Waals surface area (Å²) >= 11 is 0. The van der Waals surface area contributed by atoms with Crippen LogP contribution < -0.4 is 5.32 Å². The number of phenolic OH excluding ortho intramolecular Hbond substituents is 1. The van der Waals surface area contributed by atoms with Gasteiger partial charge >= 0.3 is 6.03 Å². The summed E-state index contributed by atoms with van der Waals surface area (Å²) in [5.41, 5.74) is 1.55. The van der Waals surface area contributed by atoms with Gasteiger partial charge in [0.1, 0.15) is 17.4 Å².